The average molecular weight is 350 g/mol. The lowest BCUT2D eigenvalue weighted by Gasteiger charge is -2.25. The van der Waals surface area contributed by atoms with Gasteiger partial charge in [-0.15, -0.1) is 0 Å². The topological polar surface area (TPSA) is 39.5 Å². The van der Waals surface area contributed by atoms with Crippen molar-refractivity contribution in [3.8, 4) is 11.5 Å². The third kappa shape index (κ3) is 3.84. The maximum Gasteiger partial charge on any atom is 0.162 e. The smallest absolute Gasteiger partial charge is 0.162 e. The molecule has 5 nitrogen and oxygen atoms in total. The Kier molecular flexibility index (Phi) is 5.63. The Morgan fingerprint density at radius 2 is 2.21 bits per heavy atom. The molecule has 0 saturated carbocycles. The standard InChI is InChI=1S/C18H24ClN3O2/c1-3-24-18-11-16(19)14(10-17(18)23-2)12-21-8-4-6-15(21)13-22-9-5-7-20-22/h5,7,9-11,15H,3-4,6,8,12-13H2,1-2H3. The molecule has 0 bridgehead atoms. The number of benzene rings is 1. The summed E-state index contributed by atoms with van der Waals surface area (Å²) in [5.74, 6) is 1.43. The minimum Gasteiger partial charge on any atom is -0.493 e. The Balaban J connectivity index is 1.74. The average Bonchev–Trinajstić information content (AvgIpc) is 3.23. The minimum absolute atomic E-state index is 0.485. The predicted molar refractivity (Wildman–Crippen MR) is 94.8 cm³/mol. The summed E-state index contributed by atoms with van der Waals surface area (Å²) >= 11 is 6.48. The molecule has 0 aliphatic carbocycles. The molecule has 0 spiro atoms. The van der Waals surface area contributed by atoms with Crippen molar-refractivity contribution in [2.24, 2.45) is 0 Å². The normalized spacial score (nSPS) is 18.0. The van der Waals surface area contributed by atoms with Crippen molar-refractivity contribution in [1.29, 1.82) is 0 Å². The minimum atomic E-state index is 0.485. The molecule has 2 aromatic rings. The van der Waals surface area contributed by atoms with Crippen LogP contribution in [0.3, 0.4) is 0 Å². The van der Waals surface area contributed by atoms with E-state index in [0.29, 0.717) is 18.4 Å². The quantitative estimate of drug-likeness (QED) is 0.765. The van der Waals surface area contributed by atoms with Crippen LogP contribution in [-0.2, 0) is 13.1 Å². The maximum atomic E-state index is 6.48. The van der Waals surface area contributed by atoms with Gasteiger partial charge in [-0.25, -0.2) is 0 Å². The second kappa shape index (κ2) is 7.90. The van der Waals surface area contributed by atoms with E-state index in [1.165, 1.54) is 12.8 Å². The van der Waals surface area contributed by atoms with Crippen LogP contribution in [0.2, 0.25) is 5.02 Å². The van der Waals surface area contributed by atoms with Gasteiger partial charge < -0.3 is 9.47 Å². The molecule has 3 rings (SSSR count). The zero-order chi connectivity index (χ0) is 16.9. The van der Waals surface area contributed by atoms with Crippen LogP contribution in [-0.4, -0.2) is 41.0 Å². The van der Waals surface area contributed by atoms with Crippen LogP contribution in [0.15, 0.2) is 30.6 Å². The SMILES string of the molecule is CCOc1cc(Cl)c(CN2CCCC2Cn2cccn2)cc1OC. The highest BCUT2D eigenvalue weighted by Gasteiger charge is 2.26. The first-order chi connectivity index (χ1) is 11.7. The van der Waals surface area contributed by atoms with Crippen molar-refractivity contribution in [3.05, 3.63) is 41.2 Å². The van der Waals surface area contributed by atoms with E-state index in [-0.39, 0.29) is 0 Å². The molecule has 0 N–H and O–H groups in total. The monoisotopic (exact) mass is 349 g/mol. The lowest BCUT2D eigenvalue weighted by molar-refractivity contribution is 0.219. The highest BCUT2D eigenvalue weighted by Crippen LogP contribution is 2.35. The molecular formula is C18H24ClN3O2. The molecule has 6 heteroatoms. The first-order valence-corrected chi connectivity index (χ1v) is 8.79. The van der Waals surface area contributed by atoms with Gasteiger partial charge in [0.05, 0.1) is 20.3 Å². The second-order valence-corrected chi connectivity index (χ2v) is 6.43. The molecule has 0 amide bonds. The van der Waals surface area contributed by atoms with Gasteiger partial charge in [0.25, 0.3) is 0 Å². The molecule has 2 heterocycles. The van der Waals surface area contributed by atoms with Gasteiger partial charge in [-0.3, -0.25) is 9.58 Å². The van der Waals surface area contributed by atoms with E-state index in [1.54, 1.807) is 7.11 Å². The predicted octanol–water partition coefficient (Wildman–Crippen LogP) is 3.61. The van der Waals surface area contributed by atoms with Crippen LogP contribution in [0.5, 0.6) is 11.5 Å². The summed E-state index contributed by atoms with van der Waals surface area (Å²) in [6.45, 7) is 5.35. The van der Waals surface area contributed by atoms with Gasteiger partial charge in [-0.1, -0.05) is 11.6 Å². The van der Waals surface area contributed by atoms with Crippen molar-refractivity contribution < 1.29 is 9.47 Å². The van der Waals surface area contributed by atoms with Crippen molar-refractivity contribution >= 4 is 11.6 Å². The molecule has 1 aromatic heterocycles. The molecule has 130 valence electrons. The lowest BCUT2D eigenvalue weighted by Crippen LogP contribution is -2.32. The largest absolute Gasteiger partial charge is 0.493 e. The molecule has 1 aliphatic heterocycles. The van der Waals surface area contributed by atoms with Gasteiger partial charge >= 0.3 is 0 Å². The third-order valence-electron chi connectivity index (χ3n) is 4.46. The Labute approximate surface area is 148 Å². The fourth-order valence-electron chi connectivity index (χ4n) is 3.28. The second-order valence-electron chi connectivity index (χ2n) is 6.02. The molecule has 1 fully saturated rings. The van der Waals surface area contributed by atoms with Gasteiger partial charge in [0.1, 0.15) is 0 Å². The highest BCUT2D eigenvalue weighted by molar-refractivity contribution is 6.31. The van der Waals surface area contributed by atoms with Crippen LogP contribution in [0, 0.1) is 0 Å². The van der Waals surface area contributed by atoms with E-state index in [2.05, 4.69) is 10.00 Å². The molecule has 24 heavy (non-hydrogen) atoms. The van der Waals surface area contributed by atoms with Crippen molar-refractivity contribution in [2.75, 3.05) is 20.3 Å². The van der Waals surface area contributed by atoms with Crippen molar-refractivity contribution in [2.45, 2.75) is 38.9 Å². The van der Waals surface area contributed by atoms with E-state index in [1.807, 2.05) is 42.2 Å². The Morgan fingerprint density at radius 1 is 1.33 bits per heavy atom. The maximum absolute atomic E-state index is 6.48. The molecule has 1 aromatic carbocycles. The number of halogens is 1. The van der Waals surface area contributed by atoms with Crippen molar-refractivity contribution in [1.82, 2.24) is 14.7 Å². The zero-order valence-corrected chi connectivity index (χ0v) is 15.0. The zero-order valence-electron chi connectivity index (χ0n) is 14.2. The molecular weight excluding hydrogens is 326 g/mol. The van der Waals surface area contributed by atoms with Crippen LogP contribution < -0.4 is 9.47 Å². The lowest BCUT2D eigenvalue weighted by atomic mass is 10.1. The first kappa shape index (κ1) is 17.1. The van der Waals surface area contributed by atoms with E-state index < -0.39 is 0 Å². The Bertz CT molecular complexity index is 661. The number of hydrogen-bond donors (Lipinski definition) is 0. The van der Waals surface area contributed by atoms with Gasteiger partial charge in [0, 0.05) is 36.1 Å². The van der Waals surface area contributed by atoms with E-state index >= 15 is 0 Å². The molecule has 1 aliphatic rings. The van der Waals surface area contributed by atoms with Crippen LogP contribution in [0.1, 0.15) is 25.3 Å². The number of rotatable bonds is 7. The number of likely N-dealkylation sites (tertiary alicyclic amines) is 1. The highest BCUT2D eigenvalue weighted by atomic mass is 35.5. The summed E-state index contributed by atoms with van der Waals surface area (Å²) in [6, 6.07) is 6.31. The van der Waals surface area contributed by atoms with E-state index in [9.17, 15) is 0 Å². The van der Waals surface area contributed by atoms with Crippen LogP contribution in [0.4, 0.5) is 0 Å². The number of methoxy groups -OCH3 is 1. The van der Waals surface area contributed by atoms with Crippen LogP contribution >= 0.6 is 11.6 Å². The summed E-state index contributed by atoms with van der Waals surface area (Å²) in [7, 11) is 1.66. The van der Waals surface area contributed by atoms with Crippen LogP contribution in [0.25, 0.3) is 0 Å². The summed E-state index contributed by atoms with van der Waals surface area (Å²) in [5, 5.41) is 5.05. The number of ether oxygens (including phenoxy) is 2. The fourth-order valence-corrected chi connectivity index (χ4v) is 3.49. The summed E-state index contributed by atoms with van der Waals surface area (Å²) < 4.78 is 13.0. The summed E-state index contributed by atoms with van der Waals surface area (Å²) in [5.41, 5.74) is 1.07. The molecule has 1 unspecified atom stereocenters. The Morgan fingerprint density at radius 3 is 2.92 bits per heavy atom. The third-order valence-corrected chi connectivity index (χ3v) is 4.81. The molecule has 0 radical (unpaired) electrons. The first-order valence-electron chi connectivity index (χ1n) is 8.42. The van der Waals surface area contributed by atoms with Gasteiger partial charge in [-0.2, -0.15) is 5.10 Å². The molecule has 1 atom stereocenters. The van der Waals surface area contributed by atoms with E-state index in [0.717, 1.165) is 36.0 Å². The molecule has 1 saturated heterocycles. The summed E-state index contributed by atoms with van der Waals surface area (Å²) in [6.07, 6.45) is 6.24. The summed E-state index contributed by atoms with van der Waals surface area (Å²) in [4.78, 5) is 2.47. The van der Waals surface area contributed by atoms with E-state index in [4.69, 9.17) is 21.1 Å². The number of nitrogens with zero attached hydrogens (tertiary/aromatic N) is 3. The van der Waals surface area contributed by atoms with Gasteiger partial charge in [-0.05, 0) is 44.0 Å². The van der Waals surface area contributed by atoms with Gasteiger partial charge in [0.2, 0.25) is 0 Å². The number of aromatic nitrogens is 2. The number of hydrogen-bond acceptors (Lipinski definition) is 4. The fraction of sp³-hybridized carbons (Fsp3) is 0.500. The Hall–Kier alpha value is -1.72. The van der Waals surface area contributed by atoms with Crippen molar-refractivity contribution in [3.63, 3.8) is 0 Å². The van der Waals surface area contributed by atoms with Gasteiger partial charge in [0.15, 0.2) is 11.5 Å².